The Hall–Kier alpha value is -1.29. The van der Waals surface area contributed by atoms with Crippen LogP contribution in [0.25, 0.3) is 0 Å². The van der Waals surface area contributed by atoms with Gasteiger partial charge in [-0.15, -0.1) is 5.92 Å². The van der Waals surface area contributed by atoms with Gasteiger partial charge in [-0.3, -0.25) is 0 Å². The molecular formula is C16H25F. The molecule has 0 saturated heterocycles. The Bertz CT molecular complexity index is 308. The number of allylic oxidation sites excluding steroid dienone is 6. The molecule has 0 N–H and O–H groups in total. The maximum Gasteiger partial charge on any atom is 0.134 e. The van der Waals surface area contributed by atoms with E-state index in [9.17, 15) is 4.39 Å². The van der Waals surface area contributed by atoms with E-state index < -0.39 is 0 Å². The highest BCUT2D eigenvalue weighted by Gasteiger charge is 2.00. The molecule has 0 aromatic heterocycles. The van der Waals surface area contributed by atoms with Crippen molar-refractivity contribution in [3.63, 3.8) is 0 Å². The van der Waals surface area contributed by atoms with Gasteiger partial charge in [0, 0.05) is 5.57 Å². The van der Waals surface area contributed by atoms with Crippen LogP contribution in [-0.4, -0.2) is 0 Å². The molecule has 0 saturated carbocycles. The van der Waals surface area contributed by atoms with Gasteiger partial charge < -0.3 is 0 Å². The van der Waals surface area contributed by atoms with E-state index in [-0.39, 0.29) is 5.83 Å². The molecule has 0 nitrogen and oxygen atoms in total. The molecule has 0 radical (unpaired) electrons. The van der Waals surface area contributed by atoms with E-state index in [1.54, 1.807) is 13.0 Å². The first kappa shape index (κ1) is 18.1. The van der Waals surface area contributed by atoms with E-state index >= 15 is 0 Å². The first-order valence-corrected chi connectivity index (χ1v) is 6.40. The van der Waals surface area contributed by atoms with Crippen molar-refractivity contribution in [1.82, 2.24) is 0 Å². The lowest BCUT2D eigenvalue weighted by Crippen LogP contribution is -1.84. The highest BCUT2D eigenvalue weighted by molar-refractivity contribution is 5.37. The minimum Gasteiger partial charge on any atom is -0.206 e. The summed E-state index contributed by atoms with van der Waals surface area (Å²) >= 11 is 0. The van der Waals surface area contributed by atoms with Crippen LogP contribution in [0.4, 0.5) is 4.39 Å². The molecule has 1 rings (SSSR count). The molecule has 0 atom stereocenters. The molecule has 1 heteroatoms. The van der Waals surface area contributed by atoms with Crippen molar-refractivity contribution in [3.8, 4) is 11.8 Å². The lowest BCUT2D eigenvalue weighted by Gasteiger charge is -1.99. The van der Waals surface area contributed by atoms with Crippen LogP contribution >= 0.6 is 0 Å². The van der Waals surface area contributed by atoms with Crippen molar-refractivity contribution in [2.45, 2.75) is 53.9 Å². The standard InChI is InChI=1S/C11H11F.C3H8.C2H6/c1-2-7-10-8-5-3-4-6-9-11(10)12;1-3-2;1-2/h3-4,6,9H,5,8H2,1H3;3H2,1-2H3;1-2H3/b4-3-,9-6-,11-10+;;. The lowest BCUT2D eigenvalue weighted by molar-refractivity contribution is 0.651. The van der Waals surface area contributed by atoms with Crippen LogP contribution in [0, 0.1) is 11.8 Å². The Morgan fingerprint density at radius 2 is 1.82 bits per heavy atom. The van der Waals surface area contributed by atoms with E-state index in [1.807, 2.05) is 26.0 Å². The van der Waals surface area contributed by atoms with Crippen molar-refractivity contribution >= 4 is 0 Å². The summed E-state index contributed by atoms with van der Waals surface area (Å²) in [4.78, 5) is 0. The van der Waals surface area contributed by atoms with Crippen LogP contribution < -0.4 is 0 Å². The van der Waals surface area contributed by atoms with Gasteiger partial charge in [0.05, 0.1) is 0 Å². The molecule has 0 bridgehead atoms. The van der Waals surface area contributed by atoms with Gasteiger partial charge in [0.2, 0.25) is 0 Å². The number of rotatable bonds is 0. The molecule has 0 aromatic rings. The molecule has 17 heavy (non-hydrogen) atoms. The summed E-state index contributed by atoms with van der Waals surface area (Å²) in [6, 6.07) is 0. The molecule has 0 aromatic carbocycles. The number of hydrogen-bond donors (Lipinski definition) is 0. The molecule has 0 unspecified atom stereocenters. The Morgan fingerprint density at radius 3 is 2.35 bits per heavy atom. The predicted molar refractivity (Wildman–Crippen MR) is 76.4 cm³/mol. The van der Waals surface area contributed by atoms with E-state index in [0.717, 1.165) is 6.42 Å². The van der Waals surface area contributed by atoms with Gasteiger partial charge in [-0.1, -0.05) is 58.3 Å². The zero-order valence-corrected chi connectivity index (χ0v) is 11.8. The molecule has 0 heterocycles. The molecule has 96 valence electrons. The fourth-order valence-corrected chi connectivity index (χ4v) is 1.04. The average Bonchev–Trinajstić information content (AvgIpc) is 2.33. The topological polar surface area (TPSA) is 0 Å². The zero-order valence-electron chi connectivity index (χ0n) is 11.8. The van der Waals surface area contributed by atoms with Crippen LogP contribution in [0.15, 0.2) is 35.7 Å². The largest absolute Gasteiger partial charge is 0.206 e. The summed E-state index contributed by atoms with van der Waals surface area (Å²) in [5, 5.41) is 0. The Kier molecular flexibility index (Phi) is 15.6. The van der Waals surface area contributed by atoms with Crippen LogP contribution in [-0.2, 0) is 0 Å². The summed E-state index contributed by atoms with van der Waals surface area (Å²) in [5.41, 5.74) is 0.609. The van der Waals surface area contributed by atoms with E-state index in [2.05, 4.69) is 25.7 Å². The first-order valence-electron chi connectivity index (χ1n) is 6.40. The third-order valence-corrected chi connectivity index (χ3v) is 1.61. The van der Waals surface area contributed by atoms with Gasteiger partial charge in [-0.2, -0.15) is 0 Å². The van der Waals surface area contributed by atoms with Crippen LogP contribution in [0.5, 0.6) is 0 Å². The highest BCUT2D eigenvalue weighted by Crippen LogP contribution is 2.15. The monoisotopic (exact) mass is 236 g/mol. The molecule has 0 aliphatic heterocycles. The Morgan fingerprint density at radius 1 is 1.24 bits per heavy atom. The second-order valence-electron chi connectivity index (χ2n) is 3.23. The number of hydrogen-bond acceptors (Lipinski definition) is 0. The Labute approximate surface area is 106 Å². The van der Waals surface area contributed by atoms with E-state index in [4.69, 9.17) is 0 Å². The summed E-state index contributed by atoms with van der Waals surface area (Å²) in [6.07, 6.45) is 9.84. The van der Waals surface area contributed by atoms with Crippen molar-refractivity contribution in [2.24, 2.45) is 0 Å². The SMILES string of the molecule is CC.CC#C/C1=C(F)/C=C\C=C/CC1.CCC. The quantitative estimate of drug-likeness (QED) is 0.481. The van der Waals surface area contributed by atoms with Crippen LogP contribution in [0.1, 0.15) is 53.9 Å². The van der Waals surface area contributed by atoms with Gasteiger partial charge in [-0.25, -0.2) is 4.39 Å². The summed E-state index contributed by atoms with van der Waals surface area (Å²) in [5.74, 6) is 5.28. The van der Waals surface area contributed by atoms with Crippen molar-refractivity contribution < 1.29 is 4.39 Å². The second-order valence-corrected chi connectivity index (χ2v) is 3.23. The smallest absolute Gasteiger partial charge is 0.134 e. The van der Waals surface area contributed by atoms with Crippen molar-refractivity contribution in [2.75, 3.05) is 0 Å². The van der Waals surface area contributed by atoms with Gasteiger partial charge in [0.1, 0.15) is 5.83 Å². The molecule has 0 fully saturated rings. The fourth-order valence-electron chi connectivity index (χ4n) is 1.04. The summed E-state index contributed by atoms with van der Waals surface area (Å²) in [7, 11) is 0. The van der Waals surface area contributed by atoms with Crippen LogP contribution in [0.3, 0.4) is 0 Å². The third-order valence-electron chi connectivity index (χ3n) is 1.61. The molecule has 1 aliphatic rings. The minimum absolute atomic E-state index is 0.200. The summed E-state index contributed by atoms with van der Waals surface area (Å²) in [6.45, 7) is 9.97. The van der Waals surface area contributed by atoms with E-state index in [0.29, 0.717) is 12.0 Å². The van der Waals surface area contributed by atoms with Gasteiger partial charge in [-0.05, 0) is 25.8 Å². The zero-order chi connectivity index (χ0) is 13.5. The number of halogens is 1. The molecule has 1 aliphatic carbocycles. The first-order chi connectivity index (χ1) is 8.26. The third kappa shape index (κ3) is 11.0. The van der Waals surface area contributed by atoms with Crippen molar-refractivity contribution in [3.05, 3.63) is 35.7 Å². The van der Waals surface area contributed by atoms with Gasteiger partial charge in [0.15, 0.2) is 0 Å². The maximum atomic E-state index is 13.1. The van der Waals surface area contributed by atoms with Crippen LogP contribution in [0.2, 0.25) is 0 Å². The minimum atomic E-state index is -0.200. The molecular weight excluding hydrogens is 211 g/mol. The van der Waals surface area contributed by atoms with Crippen molar-refractivity contribution in [1.29, 1.82) is 0 Å². The second kappa shape index (κ2) is 14.7. The van der Waals surface area contributed by atoms with Gasteiger partial charge >= 0.3 is 0 Å². The molecule has 0 spiro atoms. The van der Waals surface area contributed by atoms with E-state index in [1.165, 1.54) is 12.5 Å². The fraction of sp³-hybridized carbons (Fsp3) is 0.500. The van der Waals surface area contributed by atoms with Gasteiger partial charge in [0.25, 0.3) is 0 Å². The maximum absolute atomic E-state index is 13.1. The summed E-state index contributed by atoms with van der Waals surface area (Å²) < 4.78 is 13.1. The normalized spacial score (nSPS) is 21.1. The molecule has 0 amide bonds. The average molecular weight is 236 g/mol. The highest BCUT2D eigenvalue weighted by atomic mass is 19.1. The Balaban J connectivity index is 0. The lowest BCUT2D eigenvalue weighted by atomic mass is 10.1. The predicted octanol–water partition coefficient (Wildman–Crippen LogP) is 5.58.